The van der Waals surface area contributed by atoms with E-state index in [1.54, 1.807) is 20.2 Å². The maximum Gasteiger partial charge on any atom is 0.269 e. The summed E-state index contributed by atoms with van der Waals surface area (Å²) < 4.78 is 11.4. The summed E-state index contributed by atoms with van der Waals surface area (Å²) in [5.74, 6) is 1.21. The molecule has 5 nitrogen and oxygen atoms in total. The van der Waals surface area contributed by atoms with Crippen LogP contribution in [0, 0.1) is 0 Å². The fourth-order valence-corrected chi connectivity index (χ4v) is 2.44. The van der Waals surface area contributed by atoms with Crippen LogP contribution in [-0.4, -0.2) is 38.3 Å². The van der Waals surface area contributed by atoms with Crippen molar-refractivity contribution in [2.24, 2.45) is 0 Å². The van der Waals surface area contributed by atoms with Crippen LogP contribution in [0.3, 0.4) is 0 Å². The highest BCUT2D eigenvalue weighted by Crippen LogP contribution is 2.32. The second-order valence-corrected chi connectivity index (χ2v) is 5.29. The van der Waals surface area contributed by atoms with Crippen molar-refractivity contribution in [1.82, 2.24) is 5.06 Å². The van der Waals surface area contributed by atoms with Crippen molar-refractivity contribution in [3.8, 4) is 11.5 Å². The zero-order valence-electron chi connectivity index (χ0n) is 13.4. The predicted octanol–water partition coefficient (Wildman–Crippen LogP) is 3.05. The number of nitrogens with zero attached hydrogens (tertiary/aromatic N) is 1. The van der Waals surface area contributed by atoms with Crippen LogP contribution in [0.1, 0.15) is 31.2 Å². The Hall–Kier alpha value is -2.01. The van der Waals surface area contributed by atoms with Gasteiger partial charge in [0.05, 0.1) is 20.3 Å². The number of likely N-dealkylation sites (N-methyl/N-ethyl adjacent to an activating group) is 1. The lowest BCUT2D eigenvalue weighted by molar-refractivity contribution is -0.162. The van der Waals surface area contributed by atoms with E-state index in [4.69, 9.17) is 14.3 Å². The van der Waals surface area contributed by atoms with Crippen LogP contribution in [-0.2, 0) is 9.63 Å². The lowest BCUT2D eigenvalue weighted by Gasteiger charge is -2.16. The third-order valence-electron chi connectivity index (χ3n) is 3.79. The molecular weight excluding hydrogens is 282 g/mol. The number of hydrogen-bond donors (Lipinski definition) is 0. The summed E-state index contributed by atoms with van der Waals surface area (Å²) in [7, 11) is 4.64. The highest BCUT2D eigenvalue weighted by atomic mass is 16.7. The van der Waals surface area contributed by atoms with E-state index in [1.807, 2.05) is 18.2 Å². The minimum Gasteiger partial charge on any atom is -0.493 e. The Morgan fingerprint density at radius 3 is 2.59 bits per heavy atom. The summed E-state index contributed by atoms with van der Waals surface area (Å²) in [6.45, 7) is 0. The summed E-state index contributed by atoms with van der Waals surface area (Å²) >= 11 is 0. The number of ether oxygens (including phenoxy) is 2. The Bertz CT molecular complexity index is 535. The SMILES string of the molecule is COc1ccc(/C=C/C(=O)N(C)OC)cc1OC1CCCC1. The van der Waals surface area contributed by atoms with E-state index in [1.165, 1.54) is 26.0 Å². The van der Waals surface area contributed by atoms with Crippen LogP contribution in [0.2, 0.25) is 0 Å². The van der Waals surface area contributed by atoms with E-state index in [9.17, 15) is 4.79 Å². The van der Waals surface area contributed by atoms with Crippen molar-refractivity contribution < 1.29 is 19.1 Å². The minimum absolute atomic E-state index is 0.225. The zero-order chi connectivity index (χ0) is 15.9. The molecule has 0 N–H and O–H groups in total. The number of carbonyl (C=O) groups excluding carboxylic acids is 1. The monoisotopic (exact) mass is 305 g/mol. The number of carbonyl (C=O) groups is 1. The molecular formula is C17H23NO4. The van der Waals surface area contributed by atoms with E-state index in [0.29, 0.717) is 5.75 Å². The van der Waals surface area contributed by atoms with Crippen molar-refractivity contribution in [3.05, 3.63) is 29.8 Å². The molecule has 0 heterocycles. The van der Waals surface area contributed by atoms with Gasteiger partial charge in [-0.1, -0.05) is 6.07 Å². The molecule has 22 heavy (non-hydrogen) atoms. The minimum atomic E-state index is -0.225. The van der Waals surface area contributed by atoms with Crippen LogP contribution >= 0.6 is 0 Å². The molecule has 2 rings (SSSR count). The summed E-state index contributed by atoms with van der Waals surface area (Å²) in [6.07, 6.45) is 8.05. The average Bonchev–Trinajstić information content (AvgIpc) is 3.05. The number of amides is 1. The summed E-state index contributed by atoms with van der Waals surface area (Å²) in [5.41, 5.74) is 0.881. The quantitative estimate of drug-likeness (QED) is 0.599. The van der Waals surface area contributed by atoms with E-state index >= 15 is 0 Å². The summed E-state index contributed by atoms with van der Waals surface area (Å²) in [4.78, 5) is 16.5. The molecule has 1 aromatic rings. The first-order valence-corrected chi connectivity index (χ1v) is 7.48. The number of benzene rings is 1. The maximum absolute atomic E-state index is 11.7. The van der Waals surface area contributed by atoms with Gasteiger partial charge in [0.1, 0.15) is 0 Å². The molecule has 120 valence electrons. The molecule has 1 saturated carbocycles. The molecule has 1 fully saturated rings. The van der Waals surface area contributed by atoms with Crippen LogP contribution in [0.25, 0.3) is 6.08 Å². The van der Waals surface area contributed by atoms with Gasteiger partial charge < -0.3 is 9.47 Å². The van der Waals surface area contributed by atoms with Crippen LogP contribution in [0.4, 0.5) is 0 Å². The molecule has 1 aromatic carbocycles. The van der Waals surface area contributed by atoms with Crippen LogP contribution in [0.5, 0.6) is 11.5 Å². The van der Waals surface area contributed by atoms with Gasteiger partial charge >= 0.3 is 0 Å². The van der Waals surface area contributed by atoms with Gasteiger partial charge in [-0.05, 0) is 49.5 Å². The molecule has 0 aromatic heterocycles. The standard InChI is InChI=1S/C17H23NO4/c1-18(21-3)17(19)11-9-13-8-10-15(20-2)16(12-13)22-14-6-4-5-7-14/h8-12,14H,4-7H2,1-3H3/b11-9+. The second kappa shape index (κ2) is 7.84. The smallest absolute Gasteiger partial charge is 0.269 e. The fraction of sp³-hybridized carbons (Fsp3) is 0.471. The van der Waals surface area contributed by atoms with E-state index in [0.717, 1.165) is 29.2 Å². The number of methoxy groups -OCH3 is 1. The lowest BCUT2D eigenvalue weighted by atomic mass is 10.2. The highest BCUT2D eigenvalue weighted by Gasteiger charge is 2.18. The summed E-state index contributed by atoms with van der Waals surface area (Å²) in [6, 6.07) is 5.64. The summed E-state index contributed by atoms with van der Waals surface area (Å²) in [5, 5.41) is 1.16. The molecule has 0 unspecified atom stereocenters. The van der Waals surface area contributed by atoms with Crippen molar-refractivity contribution in [3.63, 3.8) is 0 Å². The Morgan fingerprint density at radius 1 is 1.23 bits per heavy atom. The maximum atomic E-state index is 11.7. The van der Waals surface area contributed by atoms with Crippen molar-refractivity contribution in [1.29, 1.82) is 0 Å². The molecule has 1 amide bonds. The molecule has 0 radical (unpaired) electrons. The number of hydrogen-bond acceptors (Lipinski definition) is 4. The van der Waals surface area contributed by atoms with Gasteiger partial charge in [-0.15, -0.1) is 0 Å². The second-order valence-electron chi connectivity index (χ2n) is 5.29. The van der Waals surface area contributed by atoms with E-state index < -0.39 is 0 Å². The number of hydroxylamine groups is 2. The van der Waals surface area contributed by atoms with Crippen molar-refractivity contribution >= 4 is 12.0 Å². The first kappa shape index (κ1) is 16.4. The molecule has 0 spiro atoms. The third kappa shape index (κ3) is 4.24. The van der Waals surface area contributed by atoms with Gasteiger partial charge in [-0.2, -0.15) is 0 Å². The topological polar surface area (TPSA) is 48.0 Å². The van der Waals surface area contributed by atoms with Crippen molar-refractivity contribution in [2.45, 2.75) is 31.8 Å². The molecule has 1 aliphatic carbocycles. The Balaban J connectivity index is 2.12. The molecule has 1 aliphatic rings. The van der Waals surface area contributed by atoms with Gasteiger partial charge in [0.25, 0.3) is 5.91 Å². The molecule has 0 bridgehead atoms. The largest absolute Gasteiger partial charge is 0.493 e. The van der Waals surface area contributed by atoms with Gasteiger partial charge in [-0.3, -0.25) is 9.63 Å². The Labute approximate surface area is 131 Å². The van der Waals surface area contributed by atoms with E-state index in [-0.39, 0.29) is 12.0 Å². The Morgan fingerprint density at radius 2 is 1.95 bits per heavy atom. The lowest BCUT2D eigenvalue weighted by Crippen LogP contribution is -2.22. The van der Waals surface area contributed by atoms with Gasteiger partial charge in [-0.25, -0.2) is 5.06 Å². The first-order chi connectivity index (χ1) is 10.6. The first-order valence-electron chi connectivity index (χ1n) is 7.48. The molecule has 0 aliphatic heterocycles. The van der Waals surface area contributed by atoms with Gasteiger partial charge in [0.15, 0.2) is 11.5 Å². The van der Waals surface area contributed by atoms with Crippen LogP contribution < -0.4 is 9.47 Å². The molecule has 0 saturated heterocycles. The Kier molecular flexibility index (Phi) is 5.83. The molecule has 5 heteroatoms. The predicted molar refractivity (Wildman–Crippen MR) is 84.7 cm³/mol. The fourth-order valence-electron chi connectivity index (χ4n) is 2.44. The number of rotatable bonds is 6. The molecule has 0 atom stereocenters. The van der Waals surface area contributed by atoms with E-state index in [2.05, 4.69) is 0 Å². The highest BCUT2D eigenvalue weighted by molar-refractivity contribution is 5.90. The van der Waals surface area contributed by atoms with Gasteiger partial charge in [0, 0.05) is 13.1 Å². The van der Waals surface area contributed by atoms with Gasteiger partial charge in [0.2, 0.25) is 0 Å². The zero-order valence-corrected chi connectivity index (χ0v) is 13.4. The average molecular weight is 305 g/mol. The normalized spacial score (nSPS) is 15.2. The third-order valence-corrected chi connectivity index (χ3v) is 3.79. The van der Waals surface area contributed by atoms with Crippen LogP contribution in [0.15, 0.2) is 24.3 Å². The van der Waals surface area contributed by atoms with Crippen molar-refractivity contribution in [2.75, 3.05) is 21.3 Å².